The summed E-state index contributed by atoms with van der Waals surface area (Å²) in [6, 6.07) is 1.67. The van der Waals surface area contributed by atoms with Crippen LogP contribution in [0.5, 0.6) is 0 Å². The Morgan fingerprint density at radius 3 is 2.59 bits per heavy atom. The molecule has 8 heteroatoms. The molecule has 2 aliphatic carbocycles. The maximum Gasteiger partial charge on any atom is 0.341 e. The Kier molecular flexibility index (Phi) is 4.86. The Bertz CT molecular complexity index is 1070. The van der Waals surface area contributed by atoms with E-state index in [2.05, 4.69) is 4.90 Å². The van der Waals surface area contributed by atoms with Gasteiger partial charge < -0.3 is 15.7 Å². The fraction of sp³-hybridized carbons (Fsp3) is 0.524. The Balaban J connectivity index is 0.00000205. The number of halogens is 2. The van der Waals surface area contributed by atoms with E-state index in [0.717, 1.165) is 44.3 Å². The Hall–Kier alpha value is -2.12. The minimum absolute atomic E-state index is 0. The van der Waals surface area contributed by atoms with E-state index in [1.165, 1.54) is 16.7 Å². The summed E-state index contributed by atoms with van der Waals surface area (Å²) in [7, 11) is 0. The van der Waals surface area contributed by atoms with Crippen molar-refractivity contribution in [1.82, 2.24) is 4.40 Å². The molecule has 1 aliphatic heterocycles. The highest BCUT2D eigenvalue weighted by atomic mass is 35.5. The number of pyridine rings is 2. The van der Waals surface area contributed by atoms with Crippen LogP contribution in [0, 0.1) is 24.6 Å². The van der Waals surface area contributed by atoms with Crippen LogP contribution in [0.4, 0.5) is 10.1 Å². The topological polar surface area (TPSA) is 88.0 Å². The Morgan fingerprint density at radius 1 is 1.24 bits per heavy atom. The second kappa shape index (κ2) is 6.99. The van der Waals surface area contributed by atoms with Gasteiger partial charge in [0.1, 0.15) is 5.56 Å². The maximum atomic E-state index is 15.2. The maximum absolute atomic E-state index is 15.2. The van der Waals surface area contributed by atoms with Crippen LogP contribution in [0.3, 0.4) is 0 Å². The monoisotopic (exact) mass is 421 g/mol. The van der Waals surface area contributed by atoms with Crippen molar-refractivity contribution in [2.75, 3.05) is 18.0 Å². The smallest absolute Gasteiger partial charge is 0.341 e. The summed E-state index contributed by atoms with van der Waals surface area (Å²) in [6.07, 6.45) is 5.20. The molecule has 2 aromatic rings. The van der Waals surface area contributed by atoms with Crippen LogP contribution in [0.2, 0.25) is 0 Å². The molecule has 2 saturated carbocycles. The van der Waals surface area contributed by atoms with Crippen molar-refractivity contribution in [3.05, 3.63) is 45.1 Å². The lowest BCUT2D eigenvalue weighted by Gasteiger charge is -2.25. The average Bonchev–Trinajstić information content (AvgIpc) is 3.31. The number of nitrogens with two attached hydrogens (primary N) is 1. The molecule has 3 aliphatic rings. The van der Waals surface area contributed by atoms with Crippen molar-refractivity contribution in [3.8, 4) is 0 Å². The highest BCUT2D eigenvalue weighted by Gasteiger charge is 2.42. The molecule has 0 amide bonds. The van der Waals surface area contributed by atoms with E-state index in [1.807, 2.05) is 6.92 Å². The van der Waals surface area contributed by atoms with Crippen LogP contribution in [0.15, 0.2) is 17.1 Å². The molecule has 3 atom stereocenters. The van der Waals surface area contributed by atoms with Gasteiger partial charge >= 0.3 is 5.97 Å². The lowest BCUT2D eigenvalue weighted by molar-refractivity contribution is 0.0694. The van der Waals surface area contributed by atoms with Crippen molar-refractivity contribution in [1.29, 1.82) is 0 Å². The molecule has 5 rings (SSSR count). The second-order valence-electron chi connectivity index (χ2n) is 8.64. The second-order valence-corrected chi connectivity index (χ2v) is 8.64. The van der Waals surface area contributed by atoms with E-state index < -0.39 is 17.3 Å². The SMILES string of the molecule is Cc1c(N2CC3CCC(N)C3C2)c(F)cn2c(=O)c(C(=O)O)cc(C3CC3)c12.Cl. The van der Waals surface area contributed by atoms with Gasteiger partial charge in [0.2, 0.25) is 0 Å². The molecule has 156 valence electrons. The number of aromatic carboxylic acids is 1. The number of nitrogens with zero attached hydrogens (tertiary/aromatic N) is 2. The lowest BCUT2D eigenvalue weighted by Crippen LogP contribution is -2.31. The predicted molar refractivity (Wildman–Crippen MR) is 111 cm³/mol. The summed E-state index contributed by atoms with van der Waals surface area (Å²) >= 11 is 0. The molecule has 1 saturated heterocycles. The first-order chi connectivity index (χ1) is 13.4. The third kappa shape index (κ3) is 3.02. The van der Waals surface area contributed by atoms with Gasteiger partial charge in [0.25, 0.3) is 5.56 Å². The van der Waals surface area contributed by atoms with Gasteiger partial charge in [-0.2, -0.15) is 0 Å². The normalized spacial score (nSPS) is 25.9. The van der Waals surface area contributed by atoms with E-state index >= 15 is 4.39 Å². The van der Waals surface area contributed by atoms with Crippen LogP contribution in [-0.4, -0.2) is 34.6 Å². The largest absolute Gasteiger partial charge is 0.477 e. The first kappa shape index (κ1) is 20.2. The molecule has 6 nitrogen and oxygen atoms in total. The third-order valence-corrected chi connectivity index (χ3v) is 6.92. The summed E-state index contributed by atoms with van der Waals surface area (Å²) in [4.78, 5) is 26.3. The third-order valence-electron chi connectivity index (χ3n) is 6.92. The van der Waals surface area contributed by atoms with Crippen LogP contribution in [-0.2, 0) is 0 Å². The molecule has 0 bridgehead atoms. The fourth-order valence-electron chi connectivity index (χ4n) is 5.38. The molecule has 3 N–H and O–H groups in total. The number of fused-ring (bicyclic) bond motifs is 2. The first-order valence-corrected chi connectivity index (χ1v) is 9.99. The quantitative estimate of drug-likeness (QED) is 0.795. The summed E-state index contributed by atoms with van der Waals surface area (Å²) in [5.41, 5.74) is 8.01. The molecule has 29 heavy (non-hydrogen) atoms. The average molecular weight is 422 g/mol. The lowest BCUT2D eigenvalue weighted by atomic mass is 9.98. The minimum atomic E-state index is -1.27. The van der Waals surface area contributed by atoms with Gasteiger partial charge in [-0.25, -0.2) is 9.18 Å². The highest BCUT2D eigenvalue weighted by molar-refractivity contribution is 5.89. The van der Waals surface area contributed by atoms with Gasteiger partial charge in [0.05, 0.1) is 17.4 Å². The number of anilines is 1. The van der Waals surface area contributed by atoms with Crippen molar-refractivity contribution in [3.63, 3.8) is 0 Å². The van der Waals surface area contributed by atoms with Gasteiger partial charge in [-0.3, -0.25) is 9.20 Å². The molecule has 0 spiro atoms. The molecule has 2 aromatic heterocycles. The number of aryl methyl sites for hydroxylation is 1. The zero-order valence-corrected chi connectivity index (χ0v) is 17.0. The van der Waals surface area contributed by atoms with Crippen molar-refractivity contribution >= 4 is 29.6 Å². The Labute approximate surface area is 173 Å². The summed E-state index contributed by atoms with van der Waals surface area (Å²) < 4.78 is 16.4. The fourth-order valence-corrected chi connectivity index (χ4v) is 5.38. The van der Waals surface area contributed by atoms with Gasteiger partial charge in [-0.1, -0.05) is 0 Å². The molecule has 3 unspecified atom stereocenters. The van der Waals surface area contributed by atoms with Crippen LogP contribution in [0.25, 0.3) is 5.52 Å². The first-order valence-electron chi connectivity index (χ1n) is 9.99. The van der Waals surface area contributed by atoms with Crippen molar-refractivity contribution < 1.29 is 14.3 Å². The number of carboxylic acids is 1. The van der Waals surface area contributed by atoms with Crippen LogP contribution in [0.1, 0.15) is 53.1 Å². The predicted octanol–water partition coefficient (Wildman–Crippen LogP) is 2.92. The summed E-state index contributed by atoms with van der Waals surface area (Å²) in [6.45, 7) is 3.35. The number of carboxylic acid groups (broad SMARTS) is 1. The van der Waals surface area contributed by atoms with E-state index in [-0.39, 0.29) is 29.9 Å². The van der Waals surface area contributed by atoms with E-state index in [0.29, 0.717) is 28.6 Å². The number of rotatable bonds is 3. The molecule has 3 fully saturated rings. The highest BCUT2D eigenvalue weighted by Crippen LogP contribution is 2.45. The van der Waals surface area contributed by atoms with E-state index in [4.69, 9.17) is 5.73 Å². The number of carbonyl (C=O) groups is 1. The zero-order chi connectivity index (χ0) is 19.7. The van der Waals surface area contributed by atoms with Crippen molar-refractivity contribution in [2.24, 2.45) is 17.6 Å². The summed E-state index contributed by atoms with van der Waals surface area (Å²) in [5.74, 6) is -0.647. The molecular formula is C21H25ClFN3O3. The molecule has 0 radical (unpaired) electrons. The van der Waals surface area contributed by atoms with Gasteiger partial charge in [-0.05, 0) is 67.6 Å². The molecule has 3 heterocycles. The van der Waals surface area contributed by atoms with E-state index in [9.17, 15) is 14.7 Å². The number of aromatic nitrogens is 1. The van der Waals surface area contributed by atoms with Crippen LogP contribution >= 0.6 is 12.4 Å². The van der Waals surface area contributed by atoms with Gasteiger partial charge in [0, 0.05) is 19.1 Å². The van der Waals surface area contributed by atoms with E-state index in [1.54, 1.807) is 0 Å². The van der Waals surface area contributed by atoms with Gasteiger partial charge in [-0.15, -0.1) is 12.4 Å². The van der Waals surface area contributed by atoms with Gasteiger partial charge in [0.15, 0.2) is 5.82 Å². The molecular weight excluding hydrogens is 397 g/mol. The Morgan fingerprint density at radius 2 is 1.97 bits per heavy atom. The number of hydrogen-bond donors (Lipinski definition) is 2. The summed E-state index contributed by atoms with van der Waals surface area (Å²) in [5, 5.41) is 9.41. The zero-order valence-electron chi connectivity index (χ0n) is 16.2. The molecule has 0 aromatic carbocycles. The van der Waals surface area contributed by atoms with Crippen molar-refractivity contribution in [2.45, 2.75) is 44.6 Å². The standard InChI is InChI=1S/C21H24FN3O3.ClH/c1-10-18-13(11-2-3-11)6-14(21(27)28)20(26)25(18)9-16(22)19(10)24-7-12-4-5-17(23)15(12)8-24;/h6,9,11-12,15,17H,2-5,7-8,23H2,1H3,(H,27,28);1H. The minimum Gasteiger partial charge on any atom is -0.477 e. The van der Waals surface area contributed by atoms with Crippen LogP contribution < -0.4 is 16.2 Å². The number of hydrogen-bond acceptors (Lipinski definition) is 4.